The number of ether oxygens (including phenoxy) is 3. The van der Waals surface area contributed by atoms with E-state index in [4.69, 9.17) is 23.9 Å². The van der Waals surface area contributed by atoms with Crippen molar-refractivity contribution in [2.24, 2.45) is 0 Å². The molecule has 152 valence electrons. The summed E-state index contributed by atoms with van der Waals surface area (Å²) in [6.45, 7) is 1.57. The first-order chi connectivity index (χ1) is 14.6. The molecule has 0 aliphatic heterocycles. The number of nitriles is 1. The minimum absolute atomic E-state index is 0.0859. The van der Waals surface area contributed by atoms with Gasteiger partial charge in [-0.25, -0.2) is 4.79 Å². The Bertz CT molecular complexity index is 1070. The Morgan fingerprint density at radius 2 is 2.00 bits per heavy atom. The van der Waals surface area contributed by atoms with Crippen LogP contribution in [-0.2, 0) is 9.53 Å². The van der Waals surface area contributed by atoms with Crippen molar-refractivity contribution < 1.29 is 23.4 Å². The maximum absolute atomic E-state index is 12.1. The van der Waals surface area contributed by atoms with E-state index < -0.39 is 12.1 Å². The summed E-state index contributed by atoms with van der Waals surface area (Å²) in [5.74, 6) is 0.892. The molecule has 8 nitrogen and oxygen atoms in total. The lowest BCUT2D eigenvalue weighted by Crippen LogP contribution is -2.06. The Hall–Kier alpha value is -4.12. The molecule has 0 fully saturated rings. The van der Waals surface area contributed by atoms with Crippen LogP contribution >= 0.6 is 0 Å². The lowest BCUT2D eigenvalue weighted by atomic mass is 10.2. The minimum Gasteiger partial charge on any atom is -0.493 e. The number of aromatic nitrogens is 2. The summed E-state index contributed by atoms with van der Waals surface area (Å²) in [5.41, 5.74) is 1.48. The second-order valence-corrected chi connectivity index (χ2v) is 6.08. The fourth-order valence-corrected chi connectivity index (χ4v) is 2.54. The molecule has 0 amide bonds. The summed E-state index contributed by atoms with van der Waals surface area (Å²) in [6.07, 6.45) is 2.16. The van der Waals surface area contributed by atoms with Gasteiger partial charge >= 0.3 is 5.97 Å². The van der Waals surface area contributed by atoms with Crippen molar-refractivity contribution in [3.05, 3.63) is 66.1 Å². The average molecular weight is 405 g/mol. The molecule has 3 aromatic rings. The van der Waals surface area contributed by atoms with Gasteiger partial charge in [-0.05, 0) is 42.8 Å². The van der Waals surface area contributed by atoms with Gasteiger partial charge in [0.05, 0.1) is 7.11 Å². The van der Waals surface area contributed by atoms with Gasteiger partial charge in [0.1, 0.15) is 6.07 Å². The molecule has 30 heavy (non-hydrogen) atoms. The third kappa shape index (κ3) is 5.23. The summed E-state index contributed by atoms with van der Waals surface area (Å²) < 4.78 is 21.4. The van der Waals surface area contributed by atoms with Gasteiger partial charge in [-0.2, -0.15) is 5.26 Å². The van der Waals surface area contributed by atoms with Crippen LogP contribution < -0.4 is 9.47 Å². The number of hydrogen-bond donors (Lipinski definition) is 0. The molecule has 1 aromatic heterocycles. The van der Waals surface area contributed by atoms with Crippen molar-refractivity contribution >= 4 is 12.0 Å². The van der Waals surface area contributed by atoms with E-state index in [9.17, 15) is 4.79 Å². The van der Waals surface area contributed by atoms with E-state index >= 15 is 0 Å². The summed E-state index contributed by atoms with van der Waals surface area (Å²) in [7, 11) is 1.49. The molecule has 0 aliphatic carbocycles. The summed E-state index contributed by atoms with van der Waals surface area (Å²) >= 11 is 0. The second-order valence-electron chi connectivity index (χ2n) is 6.08. The highest BCUT2D eigenvalue weighted by Gasteiger charge is 2.18. The molecular weight excluding hydrogens is 386 g/mol. The van der Waals surface area contributed by atoms with Crippen molar-refractivity contribution in [2.45, 2.75) is 13.0 Å². The maximum Gasteiger partial charge on any atom is 0.331 e. The van der Waals surface area contributed by atoms with Gasteiger partial charge in [0.2, 0.25) is 5.89 Å². The van der Waals surface area contributed by atoms with Gasteiger partial charge in [-0.15, -0.1) is 10.2 Å². The van der Waals surface area contributed by atoms with E-state index in [0.717, 1.165) is 5.56 Å². The van der Waals surface area contributed by atoms with Crippen molar-refractivity contribution in [1.82, 2.24) is 10.2 Å². The number of nitrogens with zero attached hydrogens (tertiary/aromatic N) is 3. The smallest absolute Gasteiger partial charge is 0.331 e. The van der Waals surface area contributed by atoms with E-state index in [-0.39, 0.29) is 12.5 Å². The van der Waals surface area contributed by atoms with Crippen LogP contribution in [0.15, 0.2) is 59.0 Å². The molecule has 1 heterocycles. The zero-order chi connectivity index (χ0) is 21.3. The summed E-state index contributed by atoms with van der Waals surface area (Å²) in [6, 6.07) is 16.3. The van der Waals surface area contributed by atoms with E-state index in [1.165, 1.54) is 13.2 Å². The van der Waals surface area contributed by atoms with Gasteiger partial charge in [-0.3, -0.25) is 0 Å². The Labute approximate surface area is 173 Å². The van der Waals surface area contributed by atoms with Gasteiger partial charge in [0.25, 0.3) is 5.89 Å². The van der Waals surface area contributed by atoms with Crippen LogP contribution in [0.4, 0.5) is 0 Å². The quantitative estimate of drug-likeness (QED) is 0.409. The van der Waals surface area contributed by atoms with Crippen molar-refractivity contribution in [1.29, 1.82) is 5.26 Å². The van der Waals surface area contributed by atoms with Gasteiger partial charge < -0.3 is 18.6 Å². The predicted molar refractivity (Wildman–Crippen MR) is 107 cm³/mol. The second kappa shape index (κ2) is 9.89. The van der Waals surface area contributed by atoms with Crippen molar-refractivity contribution in [3.63, 3.8) is 0 Å². The highest BCUT2D eigenvalue weighted by molar-refractivity contribution is 5.87. The van der Waals surface area contributed by atoms with Crippen LogP contribution in [0.5, 0.6) is 11.5 Å². The number of carbonyl (C=O) groups is 1. The molecule has 0 bridgehead atoms. The third-order valence-electron chi connectivity index (χ3n) is 3.99. The summed E-state index contributed by atoms with van der Waals surface area (Å²) in [4.78, 5) is 12.1. The van der Waals surface area contributed by atoms with Gasteiger partial charge in [0.15, 0.2) is 24.2 Å². The average Bonchev–Trinajstić information content (AvgIpc) is 3.27. The van der Waals surface area contributed by atoms with E-state index in [1.54, 1.807) is 31.2 Å². The van der Waals surface area contributed by atoms with Crippen molar-refractivity contribution in [2.75, 3.05) is 13.7 Å². The maximum atomic E-state index is 12.1. The molecule has 0 unspecified atom stereocenters. The largest absolute Gasteiger partial charge is 0.493 e. The molecular formula is C22H19N3O5. The standard InChI is InChI=1S/C22H19N3O5/c1-15(21-24-25-22(30-21)17-6-4-3-5-7-17)29-20(26)11-9-16-8-10-18(28-13-12-23)19(14-16)27-2/h3-11,14-15H,13H2,1-2H3/b11-9+/t15-/m0/s1. The highest BCUT2D eigenvalue weighted by Crippen LogP contribution is 2.28. The molecule has 0 spiro atoms. The number of benzene rings is 2. The topological polar surface area (TPSA) is 107 Å². The number of hydrogen-bond acceptors (Lipinski definition) is 8. The predicted octanol–water partition coefficient (Wildman–Crippen LogP) is 3.97. The van der Waals surface area contributed by atoms with Crippen LogP contribution in [0.2, 0.25) is 0 Å². The van der Waals surface area contributed by atoms with Crippen LogP contribution in [0.3, 0.4) is 0 Å². The molecule has 0 saturated heterocycles. The van der Waals surface area contributed by atoms with Gasteiger partial charge in [0, 0.05) is 11.6 Å². The zero-order valence-corrected chi connectivity index (χ0v) is 16.4. The highest BCUT2D eigenvalue weighted by atomic mass is 16.6. The number of rotatable bonds is 8. The molecule has 2 aromatic carbocycles. The lowest BCUT2D eigenvalue weighted by Gasteiger charge is -2.09. The Kier molecular flexibility index (Phi) is 6.79. The first kappa shape index (κ1) is 20.6. The van der Waals surface area contributed by atoms with Crippen molar-refractivity contribution in [3.8, 4) is 29.0 Å². The molecule has 0 N–H and O–H groups in total. The molecule has 8 heteroatoms. The summed E-state index contributed by atoms with van der Waals surface area (Å²) in [5, 5.41) is 16.5. The van der Waals surface area contributed by atoms with E-state index in [1.807, 2.05) is 36.4 Å². The van der Waals surface area contributed by atoms with Gasteiger partial charge in [-0.1, -0.05) is 24.3 Å². The first-order valence-corrected chi connectivity index (χ1v) is 9.06. The minimum atomic E-state index is -0.705. The van der Waals surface area contributed by atoms with Crippen LogP contribution in [-0.4, -0.2) is 29.9 Å². The fraction of sp³-hybridized carbons (Fsp3) is 0.182. The van der Waals surface area contributed by atoms with Crippen LogP contribution in [0, 0.1) is 11.3 Å². The fourth-order valence-electron chi connectivity index (χ4n) is 2.54. The number of esters is 1. The lowest BCUT2D eigenvalue weighted by molar-refractivity contribution is -0.143. The molecule has 3 rings (SSSR count). The van der Waals surface area contributed by atoms with Crippen LogP contribution in [0.1, 0.15) is 24.5 Å². The molecule has 1 atom stereocenters. The first-order valence-electron chi connectivity index (χ1n) is 9.06. The SMILES string of the molecule is COc1cc(/C=C/C(=O)O[C@@H](C)c2nnc(-c3ccccc3)o2)ccc1OCC#N. The Morgan fingerprint density at radius 1 is 1.20 bits per heavy atom. The zero-order valence-electron chi connectivity index (χ0n) is 16.4. The Balaban J connectivity index is 1.62. The number of methoxy groups -OCH3 is 1. The molecule has 0 saturated carbocycles. The monoisotopic (exact) mass is 405 g/mol. The normalized spacial score (nSPS) is 11.6. The molecule has 0 aliphatic rings. The van der Waals surface area contributed by atoms with Crippen LogP contribution in [0.25, 0.3) is 17.5 Å². The van der Waals surface area contributed by atoms with E-state index in [2.05, 4.69) is 10.2 Å². The van der Waals surface area contributed by atoms with E-state index in [0.29, 0.717) is 23.0 Å². The number of carbonyl (C=O) groups excluding carboxylic acids is 1. The Morgan fingerprint density at radius 3 is 2.73 bits per heavy atom. The molecule has 0 radical (unpaired) electrons. The third-order valence-corrected chi connectivity index (χ3v) is 3.99.